The summed E-state index contributed by atoms with van der Waals surface area (Å²) in [5, 5.41) is 22.8. The van der Waals surface area contributed by atoms with Crippen LogP contribution < -0.4 is 5.32 Å². The lowest BCUT2D eigenvalue weighted by Crippen LogP contribution is -2.07. The van der Waals surface area contributed by atoms with Crippen LogP contribution in [0.1, 0.15) is 19.1 Å². The number of phenolic OH excluding ortho intramolecular Hbond substituents is 2. The number of hydrogen-bond donors (Lipinski definition) is 4. The molecule has 1 atom stereocenters. The van der Waals surface area contributed by atoms with Crippen molar-refractivity contribution >= 4 is 35.3 Å². The number of benzene rings is 1. The Labute approximate surface area is 142 Å². The van der Waals surface area contributed by atoms with E-state index in [0.29, 0.717) is 29.3 Å². The van der Waals surface area contributed by atoms with E-state index in [4.69, 9.17) is 4.74 Å². The van der Waals surface area contributed by atoms with Crippen molar-refractivity contribution in [2.24, 2.45) is 0 Å². The molecule has 1 aromatic carbocycles. The average molecular weight is 345 g/mol. The van der Waals surface area contributed by atoms with Gasteiger partial charge in [0.05, 0.1) is 12.0 Å². The molecule has 9 heteroatoms. The molecule has 1 saturated heterocycles. The zero-order valence-electron chi connectivity index (χ0n) is 12.5. The fourth-order valence-electron chi connectivity index (χ4n) is 2.73. The minimum atomic E-state index is -0.0975. The predicted octanol–water partition coefficient (Wildman–Crippen LogP) is 2.58. The lowest BCUT2D eigenvalue weighted by molar-refractivity contribution is 0.0592. The van der Waals surface area contributed by atoms with Crippen LogP contribution in [0.5, 0.6) is 11.5 Å². The van der Waals surface area contributed by atoms with Gasteiger partial charge < -0.3 is 20.3 Å². The molecule has 124 valence electrons. The summed E-state index contributed by atoms with van der Waals surface area (Å²) in [6, 6.07) is 4.19. The largest absolute Gasteiger partial charge is 0.508 e. The second-order valence-electron chi connectivity index (χ2n) is 5.49. The molecular weight excluding hydrogens is 330 g/mol. The van der Waals surface area contributed by atoms with E-state index < -0.39 is 0 Å². The highest BCUT2D eigenvalue weighted by molar-refractivity contribution is 7.80. The fraction of sp³-hybridized carbons (Fsp3) is 0.267. The molecule has 8 nitrogen and oxygen atoms in total. The van der Waals surface area contributed by atoms with Gasteiger partial charge in [-0.15, -0.1) is 12.6 Å². The molecule has 3 aromatic rings. The number of hydrogen-bond acceptors (Lipinski definition) is 8. The standard InChI is InChI=1S/C15H15N5O3S/c21-8-3-4-10(22)9(6-8)17-13-12-14(19-15(24)18-13)20(7-16-12)11-2-1-5-23-11/h3-4,6-7,11,21-22H,1-2,5H2,(H2,17,18,19,24). The van der Waals surface area contributed by atoms with Gasteiger partial charge in [-0.05, 0) is 25.0 Å². The maximum Gasteiger partial charge on any atom is 0.188 e. The smallest absolute Gasteiger partial charge is 0.188 e. The van der Waals surface area contributed by atoms with Crippen molar-refractivity contribution in [2.45, 2.75) is 24.2 Å². The topological polar surface area (TPSA) is 105 Å². The third-order valence-corrected chi connectivity index (χ3v) is 4.06. The van der Waals surface area contributed by atoms with Gasteiger partial charge >= 0.3 is 0 Å². The van der Waals surface area contributed by atoms with Gasteiger partial charge in [0.1, 0.15) is 17.7 Å². The number of ether oxygens (including phenoxy) is 1. The minimum Gasteiger partial charge on any atom is -0.508 e. The highest BCUT2D eigenvalue weighted by Crippen LogP contribution is 2.33. The van der Waals surface area contributed by atoms with Crippen LogP contribution in [0.3, 0.4) is 0 Å². The lowest BCUT2D eigenvalue weighted by Gasteiger charge is -2.12. The van der Waals surface area contributed by atoms with Crippen LogP contribution >= 0.6 is 12.6 Å². The van der Waals surface area contributed by atoms with E-state index >= 15 is 0 Å². The molecule has 1 aliphatic heterocycles. The summed E-state index contributed by atoms with van der Waals surface area (Å²) in [4.78, 5) is 13.0. The first-order chi connectivity index (χ1) is 11.6. The van der Waals surface area contributed by atoms with Crippen LogP contribution in [0, 0.1) is 0 Å². The highest BCUT2D eigenvalue weighted by Gasteiger charge is 2.22. The van der Waals surface area contributed by atoms with E-state index in [9.17, 15) is 10.2 Å². The van der Waals surface area contributed by atoms with E-state index in [1.54, 1.807) is 6.33 Å². The number of aromatic nitrogens is 4. The average Bonchev–Trinajstić information content (AvgIpc) is 3.19. The third kappa shape index (κ3) is 2.61. The number of anilines is 2. The fourth-order valence-corrected chi connectivity index (χ4v) is 2.93. The second kappa shape index (κ2) is 5.84. The first kappa shape index (κ1) is 15.0. The van der Waals surface area contributed by atoms with Crippen LogP contribution in [0.4, 0.5) is 11.5 Å². The normalized spacial score (nSPS) is 17.5. The molecule has 2 aromatic heterocycles. The zero-order valence-corrected chi connectivity index (χ0v) is 13.4. The molecule has 3 heterocycles. The number of aromatic hydroxyl groups is 2. The highest BCUT2D eigenvalue weighted by atomic mass is 32.1. The molecule has 24 heavy (non-hydrogen) atoms. The van der Waals surface area contributed by atoms with Crippen molar-refractivity contribution in [1.82, 2.24) is 19.5 Å². The Hall–Kier alpha value is -2.52. The summed E-state index contributed by atoms with van der Waals surface area (Å²) in [6.45, 7) is 0.714. The summed E-state index contributed by atoms with van der Waals surface area (Å²) in [7, 11) is 0. The number of imidazole rings is 1. The molecule has 0 amide bonds. The number of rotatable bonds is 3. The Bertz CT molecular complexity index is 908. The Balaban J connectivity index is 1.79. The van der Waals surface area contributed by atoms with Crippen molar-refractivity contribution in [3.63, 3.8) is 0 Å². The molecule has 1 aliphatic rings. The summed E-state index contributed by atoms with van der Waals surface area (Å²) in [5.74, 6) is 0.401. The number of thiol groups is 1. The molecule has 1 unspecified atom stereocenters. The first-order valence-electron chi connectivity index (χ1n) is 7.46. The number of phenols is 2. The Morgan fingerprint density at radius 2 is 2.17 bits per heavy atom. The van der Waals surface area contributed by atoms with Gasteiger partial charge in [-0.25, -0.2) is 15.0 Å². The number of fused-ring (bicyclic) bond motifs is 1. The molecule has 4 rings (SSSR count). The Morgan fingerprint density at radius 1 is 1.29 bits per heavy atom. The monoisotopic (exact) mass is 345 g/mol. The van der Waals surface area contributed by atoms with Crippen molar-refractivity contribution in [3.05, 3.63) is 24.5 Å². The second-order valence-corrected chi connectivity index (χ2v) is 5.89. The van der Waals surface area contributed by atoms with Crippen LogP contribution in [0.25, 0.3) is 11.2 Å². The Morgan fingerprint density at radius 3 is 2.96 bits per heavy atom. The van der Waals surface area contributed by atoms with Gasteiger partial charge in [-0.3, -0.25) is 4.57 Å². The van der Waals surface area contributed by atoms with E-state index in [0.717, 1.165) is 12.8 Å². The van der Waals surface area contributed by atoms with E-state index in [2.05, 4.69) is 32.9 Å². The van der Waals surface area contributed by atoms with E-state index in [1.807, 2.05) is 4.57 Å². The lowest BCUT2D eigenvalue weighted by atomic mass is 10.2. The van der Waals surface area contributed by atoms with Gasteiger partial charge in [0.15, 0.2) is 22.1 Å². The SMILES string of the molecule is Oc1ccc(O)c(Nc2nc(S)nc3c2ncn3C2CCCO2)c1. The molecule has 1 fully saturated rings. The molecule has 0 saturated carbocycles. The van der Waals surface area contributed by atoms with Crippen LogP contribution in [-0.4, -0.2) is 36.3 Å². The Kier molecular flexibility index (Phi) is 3.66. The minimum absolute atomic E-state index is 0.0150. The van der Waals surface area contributed by atoms with Gasteiger partial charge in [0.25, 0.3) is 0 Å². The van der Waals surface area contributed by atoms with Crippen LogP contribution in [0.15, 0.2) is 29.7 Å². The number of nitrogens with zero attached hydrogens (tertiary/aromatic N) is 4. The van der Waals surface area contributed by atoms with Crippen molar-refractivity contribution in [1.29, 1.82) is 0 Å². The van der Waals surface area contributed by atoms with Crippen molar-refractivity contribution in [3.8, 4) is 11.5 Å². The van der Waals surface area contributed by atoms with Gasteiger partial charge in [0.2, 0.25) is 0 Å². The molecule has 0 aliphatic carbocycles. The predicted molar refractivity (Wildman–Crippen MR) is 89.9 cm³/mol. The molecular formula is C15H15N5O3S. The third-order valence-electron chi connectivity index (χ3n) is 3.86. The van der Waals surface area contributed by atoms with Gasteiger partial charge in [0, 0.05) is 12.7 Å². The van der Waals surface area contributed by atoms with Crippen LogP contribution in [0.2, 0.25) is 0 Å². The van der Waals surface area contributed by atoms with Crippen LogP contribution in [-0.2, 0) is 4.74 Å². The van der Waals surface area contributed by atoms with Gasteiger partial charge in [-0.2, -0.15) is 0 Å². The molecule has 0 bridgehead atoms. The van der Waals surface area contributed by atoms with Crippen molar-refractivity contribution in [2.75, 3.05) is 11.9 Å². The first-order valence-corrected chi connectivity index (χ1v) is 7.90. The van der Waals surface area contributed by atoms with Gasteiger partial charge in [-0.1, -0.05) is 0 Å². The quantitative estimate of drug-likeness (QED) is 0.250. The molecule has 0 radical (unpaired) electrons. The maximum atomic E-state index is 9.93. The molecule has 3 N–H and O–H groups in total. The molecule has 0 spiro atoms. The summed E-state index contributed by atoms with van der Waals surface area (Å²) in [6.07, 6.45) is 3.45. The maximum absolute atomic E-state index is 9.93. The summed E-state index contributed by atoms with van der Waals surface area (Å²) >= 11 is 4.25. The number of nitrogens with one attached hydrogen (secondary N) is 1. The summed E-state index contributed by atoms with van der Waals surface area (Å²) < 4.78 is 7.54. The van der Waals surface area contributed by atoms with E-state index in [-0.39, 0.29) is 22.9 Å². The summed E-state index contributed by atoms with van der Waals surface area (Å²) in [5.41, 5.74) is 1.45. The van der Waals surface area contributed by atoms with E-state index in [1.165, 1.54) is 18.2 Å². The zero-order chi connectivity index (χ0) is 16.7. The van der Waals surface area contributed by atoms with Crippen molar-refractivity contribution < 1.29 is 14.9 Å².